The molecule has 0 atom stereocenters. The van der Waals surface area contributed by atoms with E-state index in [0.29, 0.717) is 0 Å². The van der Waals surface area contributed by atoms with Gasteiger partial charge in [-0.25, -0.2) is 0 Å². The van der Waals surface area contributed by atoms with Gasteiger partial charge in [0, 0.05) is 21.8 Å². The van der Waals surface area contributed by atoms with Gasteiger partial charge in [0.25, 0.3) is 0 Å². The average molecular weight is 193 g/mol. The van der Waals surface area contributed by atoms with Gasteiger partial charge in [-0.15, -0.1) is 4.43 Å². The summed E-state index contributed by atoms with van der Waals surface area (Å²) in [5.74, 6) is 0. The largest absolute Gasteiger partial charge is 0.355 e. The van der Waals surface area contributed by atoms with Crippen LogP contribution >= 0.6 is 0 Å². The highest BCUT2D eigenvalue weighted by atomic mass is 27.0. The van der Waals surface area contributed by atoms with Crippen LogP contribution in [-0.2, 0) is 0 Å². The lowest BCUT2D eigenvalue weighted by Gasteiger charge is -1.93. The highest BCUT2D eigenvalue weighted by molar-refractivity contribution is 6.33. The first-order valence-electron chi connectivity index (χ1n) is 4.60. The van der Waals surface area contributed by atoms with Gasteiger partial charge in [0.05, 0.1) is 0 Å². The molecule has 0 fully saturated rings. The van der Waals surface area contributed by atoms with E-state index < -0.39 is 0 Å². The molecule has 64 valence electrons. The molecule has 0 aliphatic carbocycles. The maximum absolute atomic E-state index is 3.41. The fourth-order valence-corrected chi connectivity index (χ4v) is 2.14. The second kappa shape index (κ2) is 2.88. The number of nitrogens with one attached hydrogen (secondary N) is 1. The first-order valence-corrected chi connectivity index (χ1v) is 5.18. The number of hydrogen-bond donors (Lipinski definition) is 1. The molecule has 1 nitrogen and oxygen atoms in total. The molecule has 14 heavy (non-hydrogen) atoms. The Morgan fingerprint density at radius 2 is 1.64 bits per heavy atom. The highest BCUT2D eigenvalue weighted by Crippen LogP contribution is 2.23. The van der Waals surface area contributed by atoms with Crippen LogP contribution in [0.25, 0.3) is 21.8 Å². The molecule has 0 aliphatic rings. The van der Waals surface area contributed by atoms with E-state index in [-0.39, 0.29) is 0 Å². The van der Waals surface area contributed by atoms with Crippen molar-refractivity contribution in [3.8, 4) is 0 Å². The summed E-state index contributed by atoms with van der Waals surface area (Å²) in [5, 5.41) is 2.60. The minimum atomic E-state index is 1.21. The van der Waals surface area contributed by atoms with Crippen LogP contribution in [0.2, 0.25) is 0 Å². The quantitative estimate of drug-likeness (QED) is 0.526. The van der Waals surface area contributed by atoms with Crippen LogP contribution in [0, 0.1) is 0 Å². The van der Waals surface area contributed by atoms with E-state index >= 15 is 0 Å². The lowest BCUT2D eigenvalue weighted by Crippen LogP contribution is -1.98. The van der Waals surface area contributed by atoms with Crippen molar-refractivity contribution in [3.05, 3.63) is 42.5 Å². The van der Waals surface area contributed by atoms with Gasteiger partial charge in [-0.3, -0.25) is 0 Å². The summed E-state index contributed by atoms with van der Waals surface area (Å²) >= 11 is 2.72. The van der Waals surface area contributed by atoms with Gasteiger partial charge in [-0.1, -0.05) is 36.4 Å². The summed E-state index contributed by atoms with van der Waals surface area (Å²) in [6.07, 6.45) is 0. The third kappa shape index (κ3) is 1.09. The van der Waals surface area contributed by atoms with Gasteiger partial charge in [0.2, 0.25) is 0 Å². The van der Waals surface area contributed by atoms with Crippen molar-refractivity contribution in [2.45, 2.75) is 0 Å². The number of rotatable bonds is 0. The Balaban J connectivity index is 2.57. The monoisotopic (exact) mass is 193 g/mol. The van der Waals surface area contributed by atoms with Crippen LogP contribution in [-0.4, -0.2) is 21.3 Å². The number of fused-ring (bicyclic) bond motifs is 3. The highest BCUT2D eigenvalue weighted by Gasteiger charge is 2.01. The molecule has 2 heteroatoms. The summed E-state index contributed by atoms with van der Waals surface area (Å²) in [7, 11) is 0. The zero-order valence-corrected chi connectivity index (χ0v) is 8.77. The molecule has 0 aliphatic heterocycles. The molecule has 0 bridgehead atoms. The van der Waals surface area contributed by atoms with Crippen LogP contribution in [0.3, 0.4) is 0 Å². The number of aromatic nitrogens is 1. The predicted molar refractivity (Wildman–Crippen MR) is 61.2 cm³/mol. The number of benzene rings is 2. The van der Waals surface area contributed by atoms with Crippen molar-refractivity contribution in [1.29, 1.82) is 0 Å². The smallest absolute Gasteiger partial charge is 0.175 e. The SMILES string of the molecule is [Al][c]1ccc2c(c1)[nH]c1ccccc12. The zero-order valence-electron chi connectivity index (χ0n) is 7.62. The van der Waals surface area contributed by atoms with Gasteiger partial charge in [-0.05, 0) is 6.07 Å². The van der Waals surface area contributed by atoms with Gasteiger partial charge in [0.15, 0.2) is 16.3 Å². The number of H-pyrrole nitrogens is 1. The van der Waals surface area contributed by atoms with E-state index in [0.717, 1.165) is 0 Å². The van der Waals surface area contributed by atoms with E-state index in [4.69, 9.17) is 0 Å². The fourth-order valence-electron chi connectivity index (χ4n) is 1.87. The Morgan fingerprint density at radius 1 is 0.857 bits per heavy atom. The molecule has 3 aromatic rings. The Kier molecular flexibility index (Phi) is 1.67. The summed E-state index contributed by atoms with van der Waals surface area (Å²) in [6.45, 7) is 0. The van der Waals surface area contributed by atoms with Crippen molar-refractivity contribution in [3.63, 3.8) is 0 Å². The number of aromatic amines is 1. The van der Waals surface area contributed by atoms with E-state index in [2.05, 4.69) is 63.7 Å². The molecule has 1 heterocycles. The summed E-state index contributed by atoms with van der Waals surface area (Å²) < 4.78 is 1.21. The van der Waals surface area contributed by atoms with Gasteiger partial charge < -0.3 is 4.98 Å². The molecule has 0 saturated heterocycles. The first kappa shape index (κ1) is 8.11. The molecule has 2 radical (unpaired) electrons. The van der Waals surface area contributed by atoms with Gasteiger partial charge >= 0.3 is 0 Å². The zero-order chi connectivity index (χ0) is 9.54. The van der Waals surface area contributed by atoms with Crippen molar-refractivity contribution >= 4 is 42.5 Å². The van der Waals surface area contributed by atoms with E-state index in [1.807, 2.05) is 0 Å². The Bertz CT molecular complexity index is 610. The van der Waals surface area contributed by atoms with Crippen LogP contribution in [0.1, 0.15) is 0 Å². The molecule has 0 saturated carbocycles. The maximum Gasteiger partial charge on any atom is 0.175 e. The van der Waals surface area contributed by atoms with Crippen molar-refractivity contribution in [2.75, 3.05) is 0 Å². The fraction of sp³-hybridized carbons (Fsp3) is 0. The van der Waals surface area contributed by atoms with Crippen LogP contribution in [0.5, 0.6) is 0 Å². The second-order valence-corrected chi connectivity index (χ2v) is 4.14. The topological polar surface area (TPSA) is 15.8 Å². The Morgan fingerprint density at radius 3 is 2.57 bits per heavy atom. The number of hydrogen-bond acceptors (Lipinski definition) is 0. The lowest BCUT2D eigenvalue weighted by atomic mass is 10.1. The van der Waals surface area contributed by atoms with Crippen LogP contribution in [0.15, 0.2) is 42.5 Å². The van der Waals surface area contributed by atoms with Gasteiger partial charge in [0.1, 0.15) is 0 Å². The molecule has 0 spiro atoms. The minimum absolute atomic E-state index is 1.21. The van der Waals surface area contributed by atoms with Crippen LogP contribution < -0.4 is 4.43 Å². The van der Waals surface area contributed by atoms with Crippen LogP contribution in [0.4, 0.5) is 0 Å². The van der Waals surface area contributed by atoms with Crippen molar-refractivity contribution in [1.82, 2.24) is 4.98 Å². The molecule has 1 N–H and O–H groups in total. The maximum atomic E-state index is 3.41. The Labute approximate surface area is 90.2 Å². The predicted octanol–water partition coefficient (Wildman–Crippen LogP) is 2.11. The van der Waals surface area contributed by atoms with E-state index in [9.17, 15) is 0 Å². The van der Waals surface area contributed by atoms with E-state index in [1.54, 1.807) is 0 Å². The summed E-state index contributed by atoms with van der Waals surface area (Å²) in [6, 6.07) is 14.8. The third-order valence-electron chi connectivity index (χ3n) is 2.53. The van der Waals surface area contributed by atoms with E-state index in [1.165, 1.54) is 26.2 Å². The molecule has 2 aromatic carbocycles. The van der Waals surface area contributed by atoms with Crippen molar-refractivity contribution in [2.24, 2.45) is 0 Å². The summed E-state index contributed by atoms with van der Waals surface area (Å²) in [4.78, 5) is 3.41. The first-order chi connectivity index (χ1) is 6.84. The molecule has 3 rings (SSSR count). The Hall–Kier alpha value is -1.23. The lowest BCUT2D eigenvalue weighted by molar-refractivity contribution is 1.55. The molecular formula is C12H8AlN. The number of para-hydroxylation sites is 1. The molecule has 0 amide bonds. The molecule has 0 unspecified atom stereocenters. The van der Waals surface area contributed by atoms with Crippen molar-refractivity contribution < 1.29 is 0 Å². The third-order valence-corrected chi connectivity index (χ3v) is 2.89. The normalized spacial score (nSPS) is 11.1. The standard InChI is InChI=1S/C12H8N.Al/c1-3-7-11-9(5-1)10-6-2-4-8-12(10)13-11;/h1-3,5-8,13H;. The summed E-state index contributed by atoms with van der Waals surface area (Å²) in [5.41, 5.74) is 2.41. The average Bonchev–Trinajstić information content (AvgIpc) is 2.54. The molecular weight excluding hydrogens is 185 g/mol. The minimum Gasteiger partial charge on any atom is -0.355 e. The second-order valence-electron chi connectivity index (χ2n) is 3.48. The molecule has 1 aromatic heterocycles. The van der Waals surface area contributed by atoms with Gasteiger partial charge in [-0.2, -0.15) is 0 Å².